The van der Waals surface area contributed by atoms with Crippen LogP contribution in [0.4, 0.5) is 17.2 Å². The van der Waals surface area contributed by atoms with Gasteiger partial charge in [0.2, 0.25) is 0 Å². The fraction of sp³-hybridized carbons (Fsp3) is 0. The van der Waals surface area contributed by atoms with Gasteiger partial charge in [-0.3, -0.25) is 19.6 Å². The van der Waals surface area contributed by atoms with Gasteiger partial charge in [0.25, 0.3) is 21.6 Å². The number of sulfonamides is 1. The zero-order valence-corrected chi connectivity index (χ0v) is 14.3. The maximum Gasteiger partial charge on any atom is 0.280 e. The molecule has 0 aliphatic carbocycles. The third-order valence-corrected chi connectivity index (χ3v) is 4.74. The van der Waals surface area contributed by atoms with Gasteiger partial charge in [0, 0.05) is 17.8 Å². The second kappa shape index (κ2) is 7.21. The molecule has 0 aliphatic heterocycles. The molecule has 0 radical (unpaired) electrons. The Bertz CT molecular complexity index is 1080. The first-order chi connectivity index (χ1) is 12.9. The van der Waals surface area contributed by atoms with Crippen LogP contribution >= 0.6 is 0 Å². The molecule has 138 valence electrons. The lowest BCUT2D eigenvalue weighted by atomic mass is 10.2. The molecular weight excluding hydrogens is 376 g/mol. The van der Waals surface area contributed by atoms with Crippen LogP contribution in [0.5, 0.6) is 0 Å². The zero-order chi connectivity index (χ0) is 19.4. The van der Waals surface area contributed by atoms with E-state index in [0.717, 1.165) is 0 Å². The van der Waals surface area contributed by atoms with Crippen LogP contribution in [-0.2, 0) is 10.0 Å². The van der Waals surface area contributed by atoms with Crippen LogP contribution < -0.4 is 10.0 Å². The summed E-state index contributed by atoms with van der Waals surface area (Å²) in [6, 6.07) is 12.7. The SMILES string of the molecule is O=C(Nc1ccc([N+](=O)[O-])cc1)c1n[nH]nc1NS(=O)(=O)c1ccccc1. The van der Waals surface area contributed by atoms with Gasteiger partial charge in [0.15, 0.2) is 11.5 Å². The minimum atomic E-state index is -3.95. The summed E-state index contributed by atoms with van der Waals surface area (Å²) in [6.45, 7) is 0. The molecule has 0 aliphatic rings. The number of carbonyl (C=O) groups excluding carboxylic acids is 1. The lowest BCUT2D eigenvalue weighted by Crippen LogP contribution is -2.18. The first kappa shape index (κ1) is 18.0. The highest BCUT2D eigenvalue weighted by molar-refractivity contribution is 7.92. The van der Waals surface area contributed by atoms with Crippen molar-refractivity contribution in [1.29, 1.82) is 0 Å². The van der Waals surface area contributed by atoms with Crippen molar-refractivity contribution < 1.29 is 18.1 Å². The summed E-state index contributed by atoms with van der Waals surface area (Å²) >= 11 is 0. The summed E-state index contributed by atoms with van der Waals surface area (Å²) in [5, 5.41) is 22.6. The van der Waals surface area contributed by atoms with Crippen molar-refractivity contribution >= 4 is 33.1 Å². The minimum Gasteiger partial charge on any atom is -0.320 e. The van der Waals surface area contributed by atoms with Crippen LogP contribution in [-0.4, -0.2) is 34.7 Å². The van der Waals surface area contributed by atoms with E-state index < -0.39 is 20.9 Å². The van der Waals surface area contributed by atoms with Crippen molar-refractivity contribution in [2.75, 3.05) is 10.0 Å². The maximum absolute atomic E-state index is 12.3. The first-order valence-electron chi connectivity index (χ1n) is 7.41. The molecular formula is C15H12N6O5S. The number of non-ortho nitro benzene ring substituents is 1. The van der Waals surface area contributed by atoms with Crippen LogP contribution in [0, 0.1) is 10.1 Å². The number of nitrogens with zero attached hydrogens (tertiary/aromatic N) is 3. The highest BCUT2D eigenvalue weighted by Gasteiger charge is 2.22. The van der Waals surface area contributed by atoms with Gasteiger partial charge in [-0.05, 0) is 24.3 Å². The predicted octanol–water partition coefficient (Wildman–Crippen LogP) is 1.77. The van der Waals surface area contributed by atoms with Crippen LogP contribution in [0.1, 0.15) is 10.5 Å². The molecule has 2 aromatic carbocycles. The summed E-state index contributed by atoms with van der Waals surface area (Å²) in [4.78, 5) is 22.4. The van der Waals surface area contributed by atoms with Gasteiger partial charge in [-0.2, -0.15) is 5.21 Å². The lowest BCUT2D eigenvalue weighted by Gasteiger charge is -2.07. The number of amides is 1. The van der Waals surface area contributed by atoms with E-state index in [1.807, 2.05) is 0 Å². The minimum absolute atomic E-state index is 0.00488. The Morgan fingerprint density at radius 2 is 1.70 bits per heavy atom. The molecule has 3 aromatic rings. The summed E-state index contributed by atoms with van der Waals surface area (Å²) in [7, 11) is -3.95. The molecule has 0 saturated heterocycles. The number of nitro groups is 1. The van der Waals surface area contributed by atoms with Crippen molar-refractivity contribution in [1.82, 2.24) is 15.4 Å². The predicted molar refractivity (Wildman–Crippen MR) is 94.7 cm³/mol. The van der Waals surface area contributed by atoms with Crippen LogP contribution in [0.2, 0.25) is 0 Å². The average molecular weight is 388 g/mol. The second-order valence-electron chi connectivity index (χ2n) is 5.20. The van der Waals surface area contributed by atoms with Gasteiger partial charge in [-0.1, -0.05) is 18.2 Å². The Balaban J connectivity index is 1.78. The van der Waals surface area contributed by atoms with Crippen LogP contribution in [0.15, 0.2) is 59.5 Å². The van der Waals surface area contributed by atoms with Crippen LogP contribution in [0.25, 0.3) is 0 Å². The number of anilines is 2. The summed E-state index contributed by atoms with van der Waals surface area (Å²) in [6.07, 6.45) is 0. The van der Waals surface area contributed by atoms with Crippen molar-refractivity contribution in [3.63, 3.8) is 0 Å². The number of nitrogens with one attached hydrogen (secondary N) is 3. The quantitative estimate of drug-likeness (QED) is 0.428. The molecule has 3 N–H and O–H groups in total. The topological polar surface area (TPSA) is 160 Å². The Morgan fingerprint density at radius 3 is 2.33 bits per heavy atom. The Morgan fingerprint density at radius 1 is 1.04 bits per heavy atom. The summed E-state index contributed by atoms with van der Waals surface area (Å²) in [5.74, 6) is -1.03. The van der Waals surface area contributed by atoms with E-state index in [4.69, 9.17) is 0 Å². The number of H-pyrrole nitrogens is 1. The fourth-order valence-corrected chi connectivity index (χ4v) is 3.13. The fourth-order valence-electron chi connectivity index (χ4n) is 2.10. The van der Waals surface area contributed by atoms with E-state index >= 15 is 0 Å². The molecule has 0 fully saturated rings. The zero-order valence-electron chi connectivity index (χ0n) is 13.5. The lowest BCUT2D eigenvalue weighted by molar-refractivity contribution is -0.384. The van der Waals surface area contributed by atoms with Gasteiger partial charge in [0.05, 0.1) is 9.82 Å². The van der Waals surface area contributed by atoms with Crippen molar-refractivity contribution in [3.8, 4) is 0 Å². The molecule has 0 bridgehead atoms. The molecule has 1 amide bonds. The van der Waals surface area contributed by atoms with Gasteiger partial charge >= 0.3 is 0 Å². The smallest absolute Gasteiger partial charge is 0.280 e. The van der Waals surface area contributed by atoms with Crippen molar-refractivity contribution in [2.45, 2.75) is 4.90 Å². The van der Waals surface area contributed by atoms with E-state index in [2.05, 4.69) is 25.4 Å². The second-order valence-corrected chi connectivity index (χ2v) is 6.88. The summed E-state index contributed by atoms with van der Waals surface area (Å²) in [5.41, 5.74) is -0.149. The number of hydrogen-bond acceptors (Lipinski definition) is 7. The third kappa shape index (κ3) is 4.07. The molecule has 0 spiro atoms. The molecule has 27 heavy (non-hydrogen) atoms. The third-order valence-electron chi connectivity index (χ3n) is 3.38. The number of aromatic nitrogens is 3. The van der Waals surface area contributed by atoms with E-state index in [1.165, 1.54) is 36.4 Å². The van der Waals surface area contributed by atoms with E-state index in [9.17, 15) is 23.3 Å². The maximum atomic E-state index is 12.3. The molecule has 0 saturated carbocycles. The number of nitro benzene ring substituents is 1. The first-order valence-corrected chi connectivity index (χ1v) is 8.89. The number of benzene rings is 2. The van der Waals surface area contributed by atoms with Gasteiger partial charge in [-0.15, -0.1) is 10.2 Å². The highest BCUT2D eigenvalue weighted by Crippen LogP contribution is 2.19. The van der Waals surface area contributed by atoms with Gasteiger partial charge < -0.3 is 5.32 Å². The Kier molecular flexibility index (Phi) is 4.81. The highest BCUT2D eigenvalue weighted by atomic mass is 32.2. The molecule has 11 nitrogen and oxygen atoms in total. The van der Waals surface area contributed by atoms with Crippen molar-refractivity contribution in [3.05, 3.63) is 70.4 Å². The van der Waals surface area contributed by atoms with Crippen LogP contribution in [0.3, 0.4) is 0 Å². The number of rotatable bonds is 6. The molecule has 1 heterocycles. The largest absolute Gasteiger partial charge is 0.320 e. The number of carbonyl (C=O) groups is 1. The van der Waals surface area contributed by atoms with E-state index in [0.29, 0.717) is 0 Å². The van der Waals surface area contributed by atoms with E-state index in [1.54, 1.807) is 18.2 Å². The Hall–Kier alpha value is -3.80. The molecule has 0 unspecified atom stereocenters. The van der Waals surface area contributed by atoms with Gasteiger partial charge in [0.1, 0.15) is 0 Å². The Labute approximate surface area is 152 Å². The van der Waals surface area contributed by atoms with E-state index in [-0.39, 0.29) is 27.8 Å². The summed E-state index contributed by atoms with van der Waals surface area (Å²) < 4.78 is 26.9. The standard InChI is InChI=1S/C15H12N6O5S/c22-15(16-10-6-8-11(9-7-10)21(23)24)13-14(18-20-17-13)19-27(25,26)12-4-2-1-3-5-12/h1-9H,(H,16,22)(H2,17,18,19,20). The monoisotopic (exact) mass is 388 g/mol. The molecule has 0 atom stereocenters. The molecule has 3 rings (SSSR count). The molecule has 1 aromatic heterocycles. The number of aromatic amines is 1. The number of hydrogen-bond donors (Lipinski definition) is 3. The average Bonchev–Trinajstić information content (AvgIpc) is 3.10. The van der Waals surface area contributed by atoms with Gasteiger partial charge in [-0.25, -0.2) is 8.42 Å². The normalized spacial score (nSPS) is 11.0. The van der Waals surface area contributed by atoms with Crippen molar-refractivity contribution in [2.24, 2.45) is 0 Å². The molecule has 12 heteroatoms.